The van der Waals surface area contributed by atoms with Gasteiger partial charge in [0.25, 0.3) is 0 Å². The largest absolute Gasteiger partial charge is 0.493 e. The highest BCUT2D eigenvalue weighted by atomic mass is 16.5. The van der Waals surface area contributed by atoms with Crippen LogP contribution in [-0.2, 0) is 11.3 Å². The average molecular weight is 373 g/mol. The van der Waals surface area contributed by atoms with Gasteiger partial charge in [-0.1, -0.05) is 25.3 Å². The summed E-state index contributed by atoms with van der Waals surface area (Å²) in [7, 11) is 5.30. The summed E-state index contributed by atoms with van der Waals surface area (Å²) in [5, 5.41) is 9.67. The minimum Gasteiger partial charge on any atom is -0.493 e. The van der Waals surface area contributed by atoms with E-state index in [4.69, 9.17) is 9.47 Å². The van der Waals surface area contributed by atoms with Gasteiger partial charge in [0.1, 0.15) is 5.54 Å². The van der Waals surface area contributed by atoms with Crippen molar-refractivity contribution in [1.82, 2.24) is 9.80 Å². The summed E-state index contributed by atoms with van der Waals surface area (Å²) < 4.78 is 10.9. The predicted molar refractivity (Wildman–Crippen MR) is 105 cm³/mol. The van der Waals surface area contributed by atoms with E-state index in [0.29, 0.717) is 18.9 Å². The van der Waals surface area contributed by atoms with E-state index in [9.17, 15) is 10.1 Å². The number of ether oxygens (including phenoxy) is 2. The fourth-order valence-corrected chi connectivity index (χ4v) is 3.69. The van der Waals surface area contributed by atoms with E-state index in [1.807, 2.05) is 37.1 Å². The fourth-order valence-electron chi connectivity index (χ4n) is 3.69. The Balaban J connectivity index is 1.99. The molecule has 0 atom stereocenters. The van der Waals surface area contributed by atoms with Crippen LogP contribution in [0.4, 0.5) is 0 Å². The van der Waals surface area contributed by atoms with Crippen LogP contribution in [-0.4, -0.2) is 55.6 Å². The number of nitriles is 1. The zero-order chi connectivity index (χ0) is 19.9. The van der Waals surface area contributed by atoms with Gasteiger partial charge in [-0.2, -0.15) is 5.26 Å². The van der Waals surface area contributed by atoms with Gasteiger partial charge in [0, 0.05) is 13.6 Å². The van der Waals surface area contributed by atoms with Crippen LogP contribution in [0.15, 0.2) is 18.2 Å². The number of nitrogens with zero attached hydrogens (tertiary/aromatic N) is 3. The minimum absolute atomic E-state index is 0.0150. The molecular weight excluding hydrogens is 342 g/mol. The van der Waals surface area contributed by atoms with Gasteiger partial charge in [0.2, 0.25) is 5.91 Å². The van der Waals surface area contributed by atoms with Gasteiger partial charge in [-0.3, -0.25) is 9.69 Å². The quantitative estimate of drug-likeness (QED) is 0.700. The number of amides is 1. The lowest BCUT2D eigenvalue weighted by molar-refractivity contribution is -0.135. The van der Waals surface area contributed by atoms with Crippen LogP contribution in [0.1, 0.15) is 44.6 Å². The van der Waals surface area contributed by atoms with E-state index in [2.05, 4.69) is 6.07 Å². The molecule has 1 aromatic carbocycles. The van der Waals surface area contributed by atoms with Crippen molar-refractivity contribution in [2.24, 2.45) is 0 Å². The van der Waals surface area contributed by atoms with Gasteiger partial charge in [0.15, 0.2) is 11.5 Å². The van der Waals surface area contributed by atoms with Crippen molar-refractivity contribution >= 4 is 5.91 Å². The first-order chi connectivity index (χ1) is 13.0. The second kappa shape index (κ2) is 9.61. The molecule has 0 bridgehead atoms. The smallest absolute Gasteiger partial charge is 0.237 e. The van der Waals surface area contributed by atoms with Crippen LogP contribution >= 0.6 is 0 Å². The zero-order valence-corrected chi connectivity index (χ0v) is 17.0. The molecule has 6 nitrogen and oxygen atoms in total. The summed E-state index contributed by atoms with van der Waals surface area (Å²) in [5.41, 5.74) is 0.402. The molecule has 0 N–H and O–H groups in total. The molecule has 0 aromatic heterocycles. The summed E-state index contributed by atoms with van der Waals surface area (Å²) >= 11 is 0. The Bertz CT molecular complexity index is 678. The fraction of sp³-hybridized carbons (Fsp3) is 0.619. The number of carbonyl (C=O) groups is 1. The Morgan fingerprint density at radius 2 is 1.93 bits per heavy atom. The van der Waals surface area contributed by atoms with Crippen LogP contribution in [0, 0.1) is 11.3 Å². The summed E-state index contributed by atoms with van der Waals surface area (Å²) in [6.45, 7) is 3.40. The average Bonchev–Trinajstić information content (AvgIpc) is 2.69. The molecule has 0 saturated heterocycles. The van der Waals surface area contributed by atoms with Gasteiger partial charge in [-0.05, 0) is 44.5 Å². The molecular formula is C21H31N3O3. The van der Waals surface area contributed by atoms with Crippen molar-refractivity contribution in [3.63, 3.8) is 0 Å². The zero-order valence-electron chi connectivity index (χ0n) is 17.0. The first kappa shape index (κ1) is 21.0. The summed E-state index contributed by atoms with van der Waals surface area (Å²) in [5.74, 6) is 1.39. The highest BCUT2D eigenvalue weighted by Crippen LogP contribution is 2.32. The molecule has 148 valence electrons. The van der Waals surface area contributed by atoms with E-state index in [-0.39, 0.29) is 12.5 Å². The van der Waals surface area contributed by atoms with Crippen molar-refractivity contribution in [3.8, 4) is 17.6 Å². The number of carbonyl (C=O) groups excluding carboxylic acids is 1. The minimum atomic E-state index is -0.640. The predicted octanol–water partition coefficient (Wildman–Crippen LogP) is 3.21. The van der Waals surface area contributed by atoms with Gasteiger partial charge >= 0.3 is 0 Å². The second-order valence-electron chi connectivity index (χ2n) is 7.25. The van der Waals surface area contributed by atoms with Crippen molar-refractivity contribution in [1.29, 1.82) is 5.26 Å². The highest BCUT2D eigenvalue weighted by Gasteiger charge is 2.38. The highest BCUT2D eigenvalue weighted by molar-refractivity contribution is 5.79. The molecule has 0 heterocycles. The lowest BCUT2D eigenvalue weighted by atomic mass is 9.81. The van der Waals surface area contributed by atoms with E-state index in [0.717, 1.165) is 43.4 Å². The van der Waals surface area contributed by atoms with E-state index in [1.165, 1.54) is 0 Å². The topological polar surface area (TPSA) is 65.8 Å². The van der Waals surface area contributed by atoms with Crippen molar-refractivity contribution in [2.75, 3.05) is 34.4 Å². The van der Waals surface area contributed by atoms with E-state index >= 15 is 0 Å². The summed E-state index contributed by atoms with van der Waals surface area (Å²) in [6.07, 6.45) is 4.70. The number of hydrogen-bond donors (Lipinski definition) is 0. The molecule has 0 spiro atoms. The number of benzene rings is 1. The third kappa shape index (κ3) is 5.14. The molecule has 1 saturated carbocycles. The molecule has 0 radical (unpaired) electrons. The van der Waals surface area contributed by atoms with Crippen molar-refractivity contribution in [3.05, 3.63) is 23.8 Å². The lowest BCUT2D eigenvalue weighted by Gasteiger charge is -2.39. The Kier molecular flexibility index (Phi) is 7.49. The number of likely N-dealkylation sites (N-methyl/N-ethyl adjacent to an activating group) is 2. The molecule has 27 heavy (non-hydrogen) atoms. The molecule has 2 rings (SSSR count). The van der Waals surface area contributed by atoms with Gasteiger partial charge in [0.05, 0.1) is 26.3 Å². The molecule has 0 unspecified atom stereocenters. The van der Waals surface area contributed by atoms with Gasteiger partial charge < -0.3 is 14.4 Å². The Labute approximate surface area is 162 Å². The maximum Gasteiger partial charge on any atom is 0.237 e. The third-order valence-corrected chi connectivity index (χ3v) is 5.29. The van der Waals surface area contributed by atoms with Gasteiger partial charge in [-0.25, -0.2) is 0 Å². The number of methoxy groups -OCH3 is 1. The number of rotatable bonds is 8. The SMILES string of the molecule is CCOc1ccc(CN(C)CC(=O)N(C)C2(C#N)CCCCC2)cc1OC. The summed E-state index contributed by atoms with van der Waals surface area (Å²) in [6, 6.07) is 8.23. The number of hydrogen-bond acceptors (Lipinski definition) is 5. The standard InChI is InChI=1S/C21H31N3O3/c1-5-27-18-10-9-17(13-19(18)26-4)14-23(2)15-20(25)24(3)21(16-22)11-7-6-8-12-21/h9-10,13H,5-8,11-12,14-15H2,1-4H3. The molecule has 1 aliphatic carbocycles. The molecule has 1 aliphatic rings. The summed E-state index contributed by atoms with van der Waals surface area (Å²) in [4.78, 5) is 16.4. The normalized spacial score (nSPS) is 15.9. The molecule has 1 aromatic rings. The molecule has 1 fully saturated rings. The van der Waals surface area contributed by atoms with Crippen LogP contribution in [0.5, 0.6) is 11.5 Å². The van der Waals surface area contributed by atoms with Crippen molar-refractivity contribution in [2.45, 2.75) is 51.1 Å². The van der Waals surface area contributed by atoms with E-state index in [1.54, 1.807) is 19.1 Å². The van der Waals surface area contributed by atoms with E-state index < -0.39 is 5.54 Å². The Hall–Kier alpha value is -2.26. The van der Waals surface area contributed by atoms with Crippen molar-refractivity contribution < 1.29 is 14.3 Å². The first-order valence-corrected chi connectivity index (χ1v) is 9.62. The molecule has 1 amide bonds. The van der Waals surface area contributed by atoms with Crippen LogP contribution in [0.2, 0.25) is 0 Å². The lowest BCUT2D eigenvalue weighted by Crippen LogP contribution is -2.52. The monoisotopic (exact) mass is 373 g/mol. The maximum atomic E-state index is 12.8. The Morgan fingerprint density at radius 1 is 1.22 bits per heavy atom. The van der Waals surface area contributed by atoms with Crippen LogP contribution in [0.25, 0.3) is 0 Å². The third-order valence-electron chi connectivity index (χ3n) is 5.29. The second-order valence-corrected chi connectivity index (χ2v) is 7.25. The van der Waals surface area contributed by atoms with Gasteiger partial charge in [-0.15, -0.1) is 0 Å². The molecule has 0 aliphatic heterocycles. The first-order valence-electron chi connectivity index (χ1n) is 9.62. The maximum absolute atomic E-state index is 12.8. The van der Waals surface area contributed by atoms with Crippen LogP contribution in [0.3, 0.4) is 0 Å². The van der Waals surface area contributed by atoms with Crippen LogP contribution < -0.4 is 9.47 Å². The Morgan fingerprint density at radius 3 is 2.52 bits per heavy atom. The molecule has 6 heteroatoms.